The molecule has 0 spiro atoms. The quantitative estimate of drug-likeness (QED) is 0.917. The lowest BCUT2D eigenvalue weighted by molar-refractivity contribution is 0.0694. The molecule has 0 atom stereocenters. The summed E-state index contributed by atoms with van der Waals surface area (Å²) in [6.07, 6.45) is 0. The highest BCUT2D eigenvalue weighted by atomic mass is 79.9. The zero-order valence-corrected chi connectivity index (χ0v) is 10.9. The van der Waals surface area contributed by atoms with Gasteiger partial charge < -0.3 is 9.84 Å². The Labute approximate surface area is 115 Å². The average Bonchev–Trinajstić information content (AvgIpc) is 2.33. The topological polar surface area (TPSA) is 46.5 Å². The molecule has 6 heteroatoms. The summed E-state index contributed by atoms with van der Waals surface area (Å²) in [5, 5.41) is 9.00. The van der Waals surface area contributed by atoms with E-state index in [9.17, 15) is 13.6 Å². The standard InChI is InChI=1S/C13H7BrF2O3/c14-7-1-3-9(13(17)18)11(5-7)19-12-6-8(15)2-4-10(12)16/h1-6H,(H,17,18). The van der Waals surface area contributed by atoms with Crippen molar-refractivity contribution in [3.8, 4) is 11.5 Å². The summed E-state index contributed by atoms with van der Waals surface area (Å²) in [4.78, 5) is 11.0. The number of carboxylic acids is 1. The first-order valence-electron chi connectivity index (χ1n) is 5.13. The predicted molar refractivity (Wildman–Crippen MR) is 67.5 cm³/mol. The lowest BCUT2D eigenvalue weighted by atomic mass is 10.2. The molecule has 1 N–H and O–H groups in total. The Hall–Kier alpha value is -1.95. The maximum Gasteiger partial charge on any atom is 0.339 e. The van der Waals surface area contributed by atoms with Crippen molar-refractivity contribution >= 4 is 21.9 Å². The van der Waals surface area contributed by atoms with E-state index < -0.39 is 17.6 Å². The summed E-state index contributed by atoms with van der Waals surface area (Å²) in [5.74, 6) is -3.13. The van der Waals surface area contributed by atoms with Crippen LogP contribution in [0.1, 0.15) is 10.4 Å². The van der Waals surface area contributed by atoms with E-state index in [-0.39, 0.29) is 17.1 Å². The normalized spacial score (nSPS) is 10.3. The van der Waals surface area contributed by atoms with Gasteiger partial charge in [0.25, 0.3) is 0 Å². The van der Waals surface area contributed by atoms with Crippen LogP contribution in [0.15, 0.2) is 40.9 Å². The molecule has 3 nitrogen and oxygen atoms in total. The van der Waals surface area contributed by atoms with Crippen LogP contribution >= 0.6 is 15.9 Å². The first-order valence-corrected chi connectivity index (χ1v) is 5.92. The highest BCUT2D eigenvalue weighted by Gasteiger charge is 2.14. The Balaban J connectivity index is 2.45. The minimum atomic E-state index is -1.22. The number of aromatic carboxylic acids is 1. The van der Waals surface area contributed by atoms with Gasteiger partial charge in [-0.1, -0.05) is 15.9 Å². The fourth-order valence-electron chi connectivity index (χ4n) is 1.43. The number of ether oxygens (including phenoxy) is 1. The van der Waals surface area contributed by atoms with E-state index in [1.54, 1.807) is 0 Å². The second-order valence-corrected chi connectivity index (χ2v) is 4.54. The molecular weight excluding hydrogens is 322 g/mol. The summed E-state index contributed by atoms with van der Waals surface area (Å²) in [7, 11) is 0. The fourth-order valence-corrected chi connectivity index (χ4v) is 1.77. The van der Waals surface area contributed by atoms with E-state index in [4.69, 9.17) is 9.84 Å². The SMILES string of the molecule is O=C(O)c1ccc(Br)cc1Oc1cc(F)ccc1F. The van der Waals surface area contributed by atoms with Crippen LogP contribution in [0, 0.1) is 11.6 Å². The first kappa shape index (κ1) is 13.5. The molecule has 2 aromatic rings. The van der Waals surface area contributed by atoms with Crippen molar-refractivity contribution in [2.75, 3.05) is 0 Å². The number of carbonyl (C=O) groups is 1. The molecule has 0 bridgehead atoms. The van der Waals surface area contributed by atoms with Crippen molar-refractivity contribution in [1.29, 1.82) is 0 Å². The summed E-state index contributed by atoms with van der Waals surface area (Å²) < 4.78 is 32.2. The molecule has 98 valence electrons. The van der Waals surface area contributed by atoms with Gasteiger partial charge >= 0.3 is 5.97 Å². The van der Waals surface area contributed by atoms with Crippen LogP contribution in [0.25, 0.3) is 0 Å². The van der Waals surface area contributed by atoms with Crippen LogP contribution in [0.3, 0.4) is 0 Å². The summed E-state index contributed by atoms with van der Waals surface area (Å²) in [6.45, 7) is 0. The second-order valence-electron chi connectivity index (χ2n) is 3.62. The lowest BCUT2D eigenvalue weighted by Gasteiger charge is -2.10. The second kappa shape index (κ2) is 5.36. The van der Waals surface area contributed by atoms with Crippen molar-refractivity contribution in [2.45, 2.75) is 0 Å². The minimum Gasteiger partial charge on any atom is -0.478 e. The third-order valence-corrected chi connectivity index (χ3v) is 2.78. The van der Waals surface area contributed by atoms with Crippen LogP contribution < -0.4 is 4.74 Å². The lowest BCUT2D eigenvalue weighted by Crippen LogP contribution is -2.00. The predicted octanol–water partition coefficient (Wildman–Crippen LogP) is 4.22. The number of hydrogen-bond donors (Lipinski definition) is 1. The van der Waals surface area contributed by atoms with Gasteiger partial charge in [0.2, 0.25) is 0 Å². The number of carboxylic acid groups (broad SMARTS) is 1. The Morgan fingerprint density at radius 1 is 1.11 bits per heavy atom. The third-order valence-electron chi connectivity index (χ3n) is 2.29. The van der Waals surface area contributed by atoms with Crippen LogP contribution in [0.5, 0.6) is 11.5 Å². The van der Waals surface area contributed by atoms with E-state index in [1.807, 2.05) is 0 Å². The zero-order chi connectivity index (χ0) is 14.0. The van der Waals surface area contributed by atoms with Gasteiger partial charge in [-0.3, -0.25) is 0 Å². The molecule has 0 saturated carbocycles. The summed E-state index contributed by atoms with van der Waals surface area (Å²) >= 11 is 3.15. The van der Waals surface area contributed by atoms with Crippen LogP contribution in [0.4, 0.5) is 8.78 Å². The van der Waals surface area contributed by atoms with E-state index in [1.165, 1.54) is 18.2 Å². The fraction of sp³-hybridized carbons (Fsp3) is 0. The molecule has 0 saturated heterocycles. The first-order chi connectivity index (χ1) is 8.97. The molecule has 19 heavy (non-hydrogen) atoms. The Bertz CT molecular complexity index is 644. The molecule has 0 fully saturated rings. The van der Waals surface area contributed by atoms with Gasteiger partial charge in [-0.15, -0.1) is 0 Å². The molecule has 0 aliphatic carbocycles. The third kappa shape index (κ3) is 3.08. The molecule has 0 radical (unpaired) electrons. The Kier molecular flexibility index (Phi) is 3.80. The van der Waals surface area contributed by atoms with Crippen molar-refractivity contribution < 1.29 is 23.4 Å². The smallest absolute Gasteiger partial charge is 0.339 e. The summed E-state index contributed by atoms with van der Waals surface area (Å²) in [6, 6.07) is 6.89. The van der Waals surface area contributed by atoms with Crippen LogP contribution in [-0.2, 0) is 0 Å². The van der Waals surface area contributed by atoms with Gasteiger partial charge in [0, 0.05) is 10.5 Å². The highest BCUT2D eigenvalue weighted by Crippen LogP contribution is 2.30. The molecule has 0 heterocycles. The molecule has 0 unspecified atom stereocenters. The van der Waals surface area contributed by atoms with Gasteiger partial charge in [0.15, 0.2) is 11.6 Å². The summed E-state index contributed by atoms with van der Waals surface area (Å²) in [5.41, 5.74) is -0.146. The monoisotopic (exact) mass is 328 g/mol. The van der Waals surface area contributed by atoms with Crippen molar-refractivity contribution in [2.24, 2.45) is 0 Å². The van der Waals surface area contributed by atoms with Gasteiger partial charge in [-0.2, -0.15) is 0 Å². The van der Waals surface area contributed by atoms with Gasteiger partial charge in [0.1, 0.15) is 17.1 Å². The van der Waals surface area contributed by atoms with Crippen LogP contribution in [0.2, 0.25) is 0 Å². The van der Waals surface area contributed by atoms with E-state index >= 15 is 0 Å². The molecular formula is C13H7BrF2O3. The molecule has 2 aromatic carbocycles. The molecule has 2 rings (SSSR count). The Morgan fingerprint density at radius 2 is 1.84 bits per heavy atom. The number of benzene rings is 2. The van der Waals surface area contributed by atoms with E-state index in [2.05, 4.69) is 15.9 Å². The largest absolute Gasteiger partial charge is 0.478 e. The number of rotatable bonds is 3. The van der Waals surface area contributed by atoms with Crippen molar-refractivity contribution in [1.82, 2.24) is 0 Å². The molecule has 0 aromatic heterocycles. The van der Waals surface area contributed by atoms with Gasteiger partial charge in [-0.25, -0.2) is 13.6 Å². The molecule has 0 aliphatic rings. The van der Waals surface area contributed by atoms with Crippen molar-refractivity contribution in [3.63, 3.8) is 0 Å². The van der Waals surface area contributed by atoms with E-state index in [0.29, 0.717) is 4.47 Å². The molecule has 0 aliphatic heterocycles. The molecule has 0 amide bonds. The zero-order valence-electron chi connectivity index (χ0n) is 9.36. The van der Waals surface area contributed by atoms with E-state index in [0.717, 1.165) is 18.2 Å². The minimum absolute atomic E-state index is 0.0774. The van der Waals surface area contributed by atoms with Gasteiger partial charge in [-0.05, 0) is 30.3 Å². The number of hydrogen-bond acceptors (Lipinski definition) is 2. The highest BCUT2D eigenvalue weighted by molar-refractivity contribution is 9.10. The Morgan fingerprint density at radius 3 is 2.53 bits per heavy atom. The maximum absolute atomic E-state index is 13.4. The average molecular weight is 329 g/mol. The van der Waals surface area contributed by atoms with Crippen LogP contribution in [-0.4, -0.2) is 11.1 Å². The number of halogens is 3. The maximum atomic E-state index is 13.4. The van der Waals surface area contributed by atoms with Crippen molar-refractivity contribution in [3.05, 3.63) is 58.1 Å². The van der Waals surface area contributed by atoms with Gasteiger partial charge in [0.05, 0.1) is 0 Å².